The minimum Gasteiger partial charge on any atom is -0.0889 e. The number of aryl methyl sites for hydroxylation is 2. The molecule has 0 N–H and O–H groups in total. The second-order valence-corrected chi connectivity index (χ2v) is 8.42. The Morgan fingerprint density at radius 1 is 0.840 bits per heavy atom. The molecule has 4 rings (SSSR count). The molecule has 0 spiro atoms. The van der Waals surface area contributed by atoms with Crippen molar-refractivity contribution < 1.29 is 0 Å². The molecule has 0 aliphatic heterocycles. The molecule has 1 aliphatic carbocycles. The van der Waals surface area contributed by atoms with Crippen LogP contribution < -0.4 is 0 Å². The second kappa shape index (κ2) is 6.07. The summed E-state index contributed by atoms with van der Waals surface area (Å²) in [7, 11) is 0. The standard InChI is InChI=1S/C24H24S/c1-5-17-10-6-9-13-21(17)25-23-16(2)14-15-20-22(23)18-11-7-8-12-19(18)24(20,3)4/h6-15H,5H2,1-4H3. The Bertz CT molecular complexity index is 950. The highest BCUT2D eigenvalue weighted by Crippen LogP contribution is 2.53. The van der Waals surface area contributed by atoms with Gasteiger partial charge < -0.3 is 0 Å². The lowest BCUT2D eigenvalue weighted by atomic mass is 9.82. The lowest BCUT2D eigenvalue weighted by Crippen LogP contribution is -2.14. The first-order valence-corrected chi connectivity index (χ1v) is 9.85. The minimum absolute atomic E-state index is 0.0687. The molecular weight excluding hydrogens is 320 g/mol. The van der Waals surface area contributed by atoms with Gasteiger partial charge in [-0.25, -0.2) is 0 Å². The van der Waals surface area contributed by atoms with E-state index in [4.69, 9.17) is 0 Å². The van der Waals surface area contributed by atoms with Gasteiger partial charge in [-0.1, -0.05) is 87.1 Å². The molecule has 0 unspecified atom stereocenters. The van der Waals surface area contributed by atoms with E-state index in [0.717, 1.165) is 6.42 Å². The van der Waals surface area contributed by atoms with Gasteiger partial charge in [-0.2, -0.15) is 0 Å². The highest BCUT2D eigenvalue weighted by atomic mass is 32.2. The summed E-state index contributed by atoms with van der Waals surface area (Å²) in [6, 6.07) is 22.3. The Kier molecular flexibility index (Phi) is 4.00. The van der Waals surface area contributed by atoms with E-state index in [0.29, 0.717) is 0 Å². The van der Waals surface area contributed by atoms with Crippen LogP contribution in [0, 0.1) is 6.92 Å². The summed E-state index contributed by atoms with van der Waals surface area (Å²) in [6.07, 6.45) is 1.07. The van der Waals surface area contributed by atoms with Crippen molar-refractivity contribution in [2.24, 2.45) is 0 Å². The first-order valence-electron chi connectivity index (χ1n) is 9.03. The summed E-state index contributed by atoms with van der Waals surface area (Å²) >= 11 is 1.94. The third kappa shape index (κ3) is 2.53. The summed E-state index contributed by atoms with van der Waals surface area (Å²) in [5.74, 6) is 0. The topological polar surface area (TPSA) is 0 Å². The molecule has 0 saturated heterocycles. The van der Waals surface area contributed by atoms with E-state index < -0.39 is 0 Å². The molecule has 3 aromatic rings. The van der Waals surface area contributed by atoms with Crippen molar-refractivity contribution in [3.63, 3.8) is 0 Å². The third-order valence-corrected chi connectivity index (χ3v) is 6.81. The van der Waals surface area contributed by atoms with Crippen LogP contribution in [-0.2, 0) is 11.8 Å². The highest BCUT2D eigenvalue weighted by Gasteiger charge is 2.37. The van der Waals surface area contributed by atoms with Crippen LogP contribution in [0.15, 0.2) is 70.5 Å². The molecular formula is C24H24S. The summed E-state index contributed by atoms with van der Waals surface area (Å²) in [5, 5.41) is 0. The molecule has 0 heterocycles. The van der Waals surface area contributed by atoms with Crippen LogP contribution in [0.3, 0.4) is 0 Å². The Balaban J connectivity index is 1.94. The minimum atomic E-state index is 0.0687. The average Bonchev–Trinajstić information content (AvgIpc) is 2.86. The van der Waals surface area contributed by atoms with Crippen LogP contribution in [0.2, 0.25) is 0 Å². The van der Waals surface area contributed by atoms with Gasteiger partial charge in [0, 0.05) is 20.8 Å². The molecule has 1 aliphatic rings. The highest BCUT2D eigenvalue weighted by molar-refractivity contribution is 7.99. The SMILES string of the molecule is CCc1ccccc1Sc1c(C)ccc2c1-c1ccccc1C2(C)C. The Morgan fingerprint density at radius 3 is 2.36 bits per heavy atom. The van der Waals surface area contributed by atoms with E-state index in [2.05, 4.69) is 88.4 Å². The molecule has 0 bridgehead atoms. The lowest BCUT2D eigenvalue weighted by Gasteiger charge is -2.22. The van der Waals surface area contributed by atoms with E-state index >= 15 is 0 Å². The van der Waals surface area contributed by atoms with E-state index in [1.807, 2.05) is 11.8 Å². The maximum atomic E-state index is 2.35. The predicted octanol–water partition coefficient (Wildman–Crippen LogP) is 7.01. The molecule has 1 heteroatoms. The number of benzene rings is 3. The summed E-state index contributed by atoms with van der Waals surface area (Å²) in [5.41, 5.74) is 8.60. The number of hydrogen-bond donors (Lipinski definition) is 0. The van der Waals surface area contributed by atoms with Gasteiger partial charge in [0.15, 0.2) is 0 Å². The molecule has 0 radical (unpaired) electrons. The number of hydrogen-bond acceptors (Lipinski definition) is 1. The average molecular weight is 345 g/mol. The summed E-state index contributed by atoms with van der Waals surface area (Å²) < 4.78 is 0. The third-order valence-electron chi connectivity index (χ3n) is 5.46. The van der Waals surface area contributed by atoms with Gasteiger partial charge in [-0.15, -0.1) is 0 Å². The monoisotopic (exact) mass is 344 g/mol. The summed E-state index contributed by atoms with van der Waals surface area (Å²) in [4.78, 5) is 2.79. The van der Waals surface area contributed by atoms with Crippen LogP contribution in [0.4, 0.5) is 0 Å². The van der Waals surface area contributed by atoms with E-state index in [-0.39, 0.29) is 5.41 Å². The van der Waals surface area contributed by atoms with Gasteiger partial charge in [0.25, 0.3) is 0 Å². The van der Waals surface area contributed by atoms with Crippen molar-refractivity contribution in [3.8, 4) is 11.1 Å². The van der Waals surface area contributed by atoms with Crippen LogP contribution in [-0.4, -0.2) is 0 Å². The predicted molar refractivity (Wildman–Crippen MR) is 109 cm³/mol. The maximum Gasteiger partial charge on any atom is 0.0233 e. The molecule has 25 heavy (non-hydrogen) atoms. The van der Waals surface area contributed by atoms with E-state index in [1.165, 1.54) is 43.2 Å². The fourth-order valence-electron chi connectivity index (χ4n) is 4.00. The molecule has 3 aromatic carbocycles. The quantitative estimate of drug-likeness (QED) is 0.492. The van der Waals surface area contributed by atoms with Crippen LogP contribution in [0.1, 0.15) is 43.0 Å². The molecule has 0 nitrogen and oxygen atoms in total. The second-order valence-electron chi connectivity index (χ2n) is 7.37. The molecule has 0 atom stereocenters. The normalized spacial score (nSPS) is 14.2. The Hall–Kier alpha value is -1.99. The van der Waals surface area contributed by atoms with Crippen LogP contribution >= 0.6 is 11.8 Å². The zero-order valence-corrected chi connectivity index (χ0v) is 16.2. The number of rotatable bonds is 3. The zero-order chi connectivity index (χ0) is 17.6. The van der Waals surface area contributed by atoms with Gasteiger partial charge >= 0.3 is 0 Å². The largest absolute Gasteiger partial charge is 0.0889 e. The summed E-state index contributed by atoms with van der Waals surface area (Å²) in [6.45, 7) is 9.17. The van der Waals surface area contributed by atoms with Crippen LogP contribution in [0.5, 0.6) is 0 Å². The smallest absolute Gasteiger partial charge is 0.0233 e. The number of fused-ring (bicyclic) bond motifs is 3. The van der Waals surface area contributed by atoms with Crippen molar-refractivity contribution in [1.29, 1.82) is 0 Å². The Labute approximate surface area is 155 Å². The first kappa shape index (κ1) is 16.5. The van der Waals surface area contributed by atoms with Crippen molar-refractivity contribution in [3.05, 3.63) is 82.9 Å². The fourth-order valence-corrected chi connectivity index (χ4v) is 5.26. The van der Waals surface area contributed by atoms with Gasteiger partial charge in [-0.05, 0) is 47.2 Å². The van der Waals surface area contributed by atoms with Crippen molar-refractivity contribution >= 4 is 11.8 Å². The Morgan fingerprint density at radius 2 is 1.56 bits per heavy atom. The lowest BCUT2D eigenvalue weighted by molar-refractivity contribution is 0.659. The maximum absolute atomic E-state index is 2.35. The molecule has 0 aromatic heterocycles. The first-order chi connectivity index (χ1) is 12.0. The van der Waals surface area contributed by atoms with Gasteiger partial charge in [-0.3, -0.25) is 0 Å². The molecule has 0 saturated carbocycles. The van der Waals surface area contributed by atoms with Gasteiger partial charge in [0.05, 0.1) is 0 Å². The van der Waals surface area contributed by atoms with Crippen molar-refractivity contribution in [2.75, 3.05) is 0 Å². The van der Waals surface area contributed by atoms with Crippen molar-refractivity contribution in [2.45, 2.75) is 49.3 Å². The fraction of sp³-hybridized carbons (Fsp3) is 0.250. The van der Waals surface area contributed by atoms with E-state index in [1.54, 1.807) is 0 Å². The molecule has 126 valence electrons. The van der Waals surface area contributed by atoms with Crippen LogP contribution in [0.25, 0.3) is 11.1 Å². The van der Waals surface area contributed by atoms with Crippen molar-refractivity contribution in [1.82, 2.24) is 0 Å². The molecule has 0 fully saturated rings. The van der Waals surface area contributed by atoms with Gasteiger partial charge in [0.1, 0.15) is 0 Å². The molecule has 0 amide bonds. The van der Waals surface area contributed by atoms with E-state index in [9.17, 15) is 0 Å². The van der Waals surface area contributed by atoms with Gasteiger partial charge in [0.2, 0.25) is 0 Å². The zero-order valence-electron chi connectivity index (χ0n) is 15.4.